The molecular weight excluding hydrogens is 152 g/mol. The van der Waals surface area contributed by atoms with Crippen molar-refractivity contribution in [1.29, 1.82) is 0 Å². The smallest absolute Gasteiger partial charge is 0.378 e. The first kappa shape index (κ1) is 9.68. The highest BCUT2D eigenvalue weighted by Gasteiger charge is 2.39. The van der Waals surface area contributed by atoms with Gasteiger partial charge in [0.2, 0.25) is 6.17 Å². The Morgan fingerprint density at radius 2 is 1.90 bits per heavy atom. The molecule has 0 aromatic heterocycles. The van der Waals surface area contributed by atoms with Gasteiger partial charge in [-0.25, -0.2) is 4.39 Å². The molecule has 1 atom stereocenters. The van der Waals surface area contributed by atoms with E-state index in [0.717, 1.165) is 0 Å². The topological polar surface area (TPSA) is 9.23 Å². The summed E-state index contributed by atoms with van der Waals surface area (Å²) in [5.41, 5.74) is 0. The minimum absolute atomic E-state index is 0.0938. The summed E-state index contributed by atoms with van der Waals surface area (Å²) in [6, 6.07) is 0. The third kappa shape index (κ3) is 3.66. The first-order valence-electron chi connectivity index (χ1n) is 2.77. The van der Waals surface area contributed by atoms with Crippen LogP contribution in [0.15, 0.2) is 0 Å². The Morgan fingerprint density at radius 3 is 2.20 bits per heavy atom. The molecule has 0 aliphatic carbocycles. The Morgan fingerprint density at radius 1 is 1.40 bits per heavy atom. The average molecular weight is 160 g/mol. The van der Waals surface area contributed by atoms with E-state index < -0.39 is 19.0 Å². The second kappa shape index (κ2) is 3.75. The number of ether oxygens (including phenoxy) is 1. The lowest BCUT2D eigenvalue weighted by atomic mass is 10.4. The second-order valence-corrected chi connectivity index (χ2v) is 1.67. The van der Waals surface area contributed by atoms with E-state index >= 15 is 0 Å². The van der Waals surface area contributed by atoms with Gasteiger partial charge < -0.3 is 4.74 Å². The largest absolute Gasteiger partial charge is 0.421 e. The maximum absolute atomic E-state index is 11.8. The van der Waals surface area contributed by atoms with Gasteiger partial charge in [-0.05, 0) is 6.92 Å². The summed E-state index contributed by atoms with van der Waals surface area (Å²) in [5.74, 6) is 0. The molecule has 0 aromatic carbocycles. The maximum atomic E-state index is 11.8. The molecule has 0 saturated heterocycles. The minimum Gasteiger partial charge on any atom is -0.378 e. The fourth-order valence-corrected chi connectivity index (χ4v) is 0.316. The molecule has 0 rings (SSSR count). The predicted molar refractivity (Wildman–Crippen MR) is 27.4 cm³/mol. The summed E-state index contributed by atoms with van der Waals surface area (Å²) in [5, 5.41) is 0. The van der Waals surface area contributed by atoms with Gasteiger partial charge in [0.05, 0.1) is 6.61 Å². The minimum atomic E-state index is -4.78. The summed E-state index contributed by atoms with van der Waals surface area (Å²) >= 11 is 0. The Hall–Kier alpha value is -0.320. The fraction of sp³-hybridized carbons (Fsp3) is 1.00. The van der Waals surface area contributed by atoms with Gasteiger partial charge in [0.1, 0.15) is 0 Å². The van der Waals surface area contributed by atoms with Crippen LogP contribution in [-0.2, 0) is 4.74 Å². The predicted octanol–water partition coefficient (Wildman–Crippen LogP) is 1.92. The van der Waals surface area contributed by atoms with Gasteiger partial charge in [0.15, 0.2) is 0 Å². The van der Waals surface area contributed by atoms with Crippen molar-refractivity contribution in [1.82, 2.24) is 0 Å². The normalized spacial score (nSPS) is 15.3. The highest BCUT2D eigenvalue weighted by molar-refractivity contribution is 4.63. The molecule has 0 aromatic rings. The van der Waals surface area contributed by atoms with Crippen LogP contribution in [0.5, 0.6) is 0 Å². The molecular formula is C5H8F4O. The Labute approximate surface area is 56.0 Å². The molecule has 0 amide bonds. The van der Waals surface area contributed by atoms with Crippen molar-refractivity contribution in [2.75, 3.05) is 13.2 Å². The first-order valence-corrected chi connectivity index (χ1v) is 2.77. The molecule has 0 aliphatic heterocycles. The summed E-state index contributed by atoms with van der Waals surface area (Å²) in [7, 11) is 0. The van der Waals surface area contributed by atoms with Crippen molar-refractivity contribution in [3.63, 3.8) is 0 Å². The third-order valence-electron chi connectivity index (χ3n) is 0.823. The monoisotopic (exact) mass is 160 g/mol. The molecule has 1 nitrogen and oxygen atoms in total. The van der Waals surface area contributed by atoms with Crippen LogP contribution in [0.2, 0.25) is 0 Å². The molecule has 0 aliphatic rings. The van der Waals surface area contributed by atoms with Crippen molar-refractivity contribution >= 4 is 0 Å². The second-order valence-electron chi connectivity index (χ2n) is 1.67. The third-order valence-corrected chi connectivity index (χ3v) is 0.823. The molecule has 0 heterocycles. The van der Waals surface area contributed by atoms with Gasteiger partial charge in [-0.3, -0.25) is 0 Å². The van der Waals surface area contributed by atoms with Crippen LogP contribution in [0, 0.1) is 0 Å². The summed E-state index contributed by atoms with van der Waals surface area (Å²) in [4.78, 5) is 0. The molecule has 62 valence electrons. The van der Waals surface area contributed by atoms with Crippen molar-refractivity contribution in [3.05, 3.63) is 0 Å². The van der Waals surface area contributed by atoms with Crippen LogP contribution in [0.25, 0.3) is 0 Å². The molecule has 0 saturated carbocycles. The van der Waals surface area contributed by atoms with Gasteiger partial charge in [-0.15, -0.1) is 0 Å². The zero-order valence-corrected chi connectivity index (χ0v) is 5.41. The fourth-order valence-electron chi connectivity index (χ4n) is 0.316. The van der Waals surface area contributed by atoms with E-state index in [1.54, 1.807) is 0 Å². The van der Waals surface area contributed by atoms with E-state index in [9.17, 15) is 17.6 Å². The number of halogens is 4. The van der Waals surface area contributed by atoms with E-state index in [4.69, 9.17) is 0 Å². The van der Waals surface area contributed by atoms with E-state index in [0.29, 0.717) is 0 Å². The average Bonchev–Trinajstić information content (AvgIpc) is 1.80. The Kier molecular flexibility index (Phi) is 3.63. The van der Waals surface area contributed by atoms with Crippen LogP contribution in [0.4, 0.5) is 17.6 Å². The van der Waals surface area contributed by atoms with E-state index in [1.165, 1.54) is 6.92 Å². The van der Waals surface area contributed by atoms with Crippen LogP contribution in [0.3, 0.4) is 0 Å². The molecule has 0 N–H and O–H groups in total. The summed E-state index contributed by atoms with van der Waals surface area (Å²) in [6.45, 7) is 0.694. The van der Waals surface area contributed by atoms with Gasteiger partial charge in [0.25, 0.3) is 0 Å². The van der Waals surface area contributed by atoms with Crippen molar-refractivity contribution in [3.8, 4) is 0 Å². The number of hydrogen-bond donors (Lipinski definition) is 0. The van der Waals surface area contributed by atoms with Crippen LogP contribution >= 0.6 is 0 Å². The van der Waals surface area contributed by atoms with E-state index in [1.807, 2.05) is 0 Å². The van der Waals surface area contributed by atoms with Gasteiger partial charge >= 0.3 is 6.18 Å². The molecule has 0 fully saturated rings. The van der Waals surface area contributed by atoms with E-state index in [-0.39, 0.29) is 6.61 Å². The molecule has 0 bridgehead atoms. The molecule has 5 heteroatoms. The summed E-state index contributed by atoms with van der Waals surface area (Å²) < 4.78 is 50.0. The molecule has 0 radical (unpaired) electrons. The maximum Gasteiger partial charge on any atom is 0.421 e. The SMILES string of the molecule is CCOCC(F)C(F)(F)F. The zero-order valence-electron chi connectivity index (χ0n) is 5.41. The van der Waals surface area contributed by atoms with Crippen LogP contribution < -0.4 is 0 Å². The van der Waals surface area contributed by atoms with Gasteiger partial charge in [0, 0.05) is 6.61 Å². The number of rotatable bonds is 3. The van der Waals surface area contributed by atoms with Gasteiger partial charge in [-0.1, -0.05) is 0 Å². The lowest BCUT2D eigenvalue weighted by molar-refractivity contribution is -0.193. The number of alkyl halides is 4. The standard InChI is InChI=1S/C5H8F4O/c1-2-10-3-4(6)5(7,8)9/h4H,2-3H2,1H3. The van der Waals surface area contributed by atoms with Crippen molar-refractivity contribution in [2.45, 2.75) is 19.3 Å². The summed E-state index contributed by atoms with van der Waals surface area (Å²) in [6.07, 6.45) is -7.64. The highest BCUT2D eigenvalue weighted by Crippen LogP contribution is 2.22. The van der Waals surface area contributed by atoms with Crippen molar-refractivity contribution < 1.29 is 22.3 Å². The van der Waals surface area contributed by atoms with Crippen LogP contribution in [-0.4, -0.2) is 25.6 Å². The quantitative estimate of drug-likeness (QED) is 0.573. The van der Waals surface area contributed by atoms with Crippen molar-refractivity contribution in [2.24, 2.45) is 0 Å². The van der Waals surface area contributed by atoms with Crippen LogP contribution in [0.1, 0.15) is 6.92 Å². The molecule has 1 unspecified atom stereocenters. The number of hydrogen-bond acceptors (Lipinski definition) is 1. The zero-order chi connectivity index (χ0) is 8.20. The lowest BCUT2D eigenvalue weighted by Gasteiger charge is -2.10. The highest BCUT2D eigenvalue weighted by atomic mass is 19.4. The molecule has 10 heavy (non-hydrogen) atoms. The van der Waals surface area contributed by atoms with Gasteiger partial charge in [-0.2, -0.15) is 13.2 Å². The first-order chi connectivity index (χ1) is 4.48. The molecule has 0 spiro atoms. The Bertz CT molecular complexity index is 90.1. The lowest BCUT2D eigenvalue weighted by Crippen LogP contribution is -2.28. The Balaban J connectivity index is 3.52. The van der Waals surface area contributed by atoms with E-state index in [2.05, 4.69) is 4.74 Å².